The van der Waals surface area contributed by atoms with Crippen molar-refractivity contribution in [3.63, 3.8) is 0 Å². The molecule has 0 saturated carbocycles. The second kappa shape index (κ2) is 4.88. The van der Waals surface area contributed by atoms with Crippen LogP contribution in [0.25, 0.3) is 22.2 Å². The number of para-hydroxylation sites is 1. The van der Waals surface area contributed by atoms with E-state index in [1.54, 1.807) is 6.07 Å². The van der Waals surface area contributed by atoms with Crippen LogP contribution in [0, 0.1) is 0 Å². The van der Waals surface area contributed by atoms with E-state index in [1.165, 1.54) is 30.4 Å². The summed E-state index contributed by atoms with van der Waals surface area (Å²) in [6.07, 6.45) is 4.90. The molecule has 0 radical (unpaired) electrons. The van der Waals surface area contributed by atoms with Gasteiger partial charge in [-0.1, -0.05) is 24.3 Å². The third kappa shape index (κ3) is 2.17. The fraction of sp³-hybridized carbons (Fsp3) is 0.211. The van der Waals surface area contributed by atoms with Crippen molar-refractivity contribution in [2.24, 2.45) is 0 Å². The van der Waals surface area contributed by atoms with Gasteiger partial charge in [-0.3, -0.25) is 4.79 Å². The number of aromatic amines is 1. The van der Waals surface area contributed by atoms with Crippen LogP contribution in [0.2, 0.25) is 0 Å². The molecular weight excluding hydrogens is 258 g/mol. The van der Waals surface area contributed by atoms with Crippen molar-refractivity contribution in [3.05, 3.63) is 69.9 Å². The molecule has 0 atom stereocenters. The summed E-state index contributed by atoms with van der Waals surface area (Å²) in [5.74, 6) is 0. The predicted molar refractivity (Wildman–Crippen MR) is 86.6 cm³/mol. The fourth-order valence-electron chi connectivity index (χ4n) is 3.25. The van der Waals surface area contributed by atoms with Gasteiger partial charge >= 0.3 is 0 Å². The molecule has 21 heavy (non-hydrogen) atoms. The Balaban J connectivity index is 1.88. The summed E-state index contributed by atoms with van der Waals surface area (Å²) in [4.78, 5) is 15.6. The van der Waals surface area contributed by atoms with Crippen LogP contribution in [0.5, 0.6) is 0 Å². The molecule has 2 aromatic carbocycles. The van der Waals surface area contributed by atoms with Crippen LogP contribution < -0.4 is 5.43 Å². The summed E-state index contributed by atoms with van der Waals surface area (Å²) in [5, 5.41) is 0.749. The molecule has 0 bridgehead atoms. The molecule has 0 saturated heterocycles. The first-order valence-electron chi connectivity index (χ1n) is 7.55. The first-order valence-corrected chi connectivity index (χ1v) is 7.55. The molecule has 0 aliphatic heterocycles. The Kier molecular flexibility index (Phi) is 2.88. The van der Waals surface area contributed by atoms with Crippen LogP contribution in [-0.2, 0) is 12.8 Å². The van der Waals surface area contributed by atoms with Crippen LogP contribution in [0.3, 0.4) is 0 Å². The maximum absolute atomic E-state index is 12.2. The molecule has 1 aliphatic carbocycles. The zero-order valence-electron chi connectivity index (χ0n) is 11.9. The lowest BCUT2D eigenvalue weighted by Gasteiger charge is -2.16. The Labute approximate surface area is 123 Å². The van der Waals surface area contributed by atoms with Crippen LogP contribution >= 0.6 is 0 Å². The third-order valence-electron chi connectivity index (χ3n) is 4.40. The van der Waals surface area contributed by atoms with E-state index in [-0.39, 0.29) is 5.43 Å². The van der Waals surface area contributed by atoms with E-state index >= 15 is 0 Å². The zero-order chi connectivity index (χ0) is 14.2. The van der Waals surface area contributed by atoms with E-state index in [1.807, 2.05) is 24.3 Å². The van der Waals surface area contributed by atoms with Gasteiger partial charge in [0.15, 0.2) is 5.43 Å². The van der Waals surface area contributed by atoms with Gasteiger partial charge in [0.2, 0.25) is 0 Å². The number of aromatic nitrogens is 1. The summed E-state index contributed by atoms with van der Waals surface area (Å²) in [7, 11) is 0. The van der Waals surface area contributed by atoms with Gasteiger partial charge in [-0.2, -0.15) is 0 Å². The van der Waals surface area contributed by atoms with Gasteiger partial charge < -0.3 is 4.98 Å². The second-order valence-corrected chi connectivity index (χ2v) is 5.78. The van der Waals surface area contributed by atoms with E-state index in [0.29, 0.717) is 0 Å². The highest BCUT2D eigenvalue weighted by Crippen LogP contribution is 2.26. The number of aryl methyl sites for hydroxylation is 2. The number of hydrogen-bond donors (Lipinski definition) is 1. The van der Waals surface area contributed by atoms with E-state index in [9.17, 15) is 4.79 Å². The number of benzene rings is 2. The van der Waals surface area contributed by atoms with Gasteiger partial charge in [-0.25, -0.2) is 0 Å². The Morgan fingerprint density at radius 1 is 0.857 bits per heavy atom. The Morgan fingerprint density at radius 2 is 1.67 bits per heavy atom. The first-order chi connectivity index (χ1) is 10.3. The van der Waals surface area contributed by atoms with Crippen LogP contribution in [0.15, 0.2) is 53.3 Å². The van der Waals surface area contributed by atoms with Gasteiger partial charge in [-0.15, -0.1) is 0 Å². The highest BCUT2D eigenvalue weighted by molar-refractivity contribution is 5.81. The summed E-state index contributed by atoms with van der Waals surface area (Å²) in [6, 6.07) is 16.0. The molecule has 1 aliphatic rings. The third-order valence-corrected chi connectivity index (χ3v) is 4.40. The molecule has 2 nitrogen and oxygen atoms in total. The summed E-state index contributed by atoms with van der Waals surface area (Å²) >= 11 is 0. The zero-order valence-corrected chi connectivity index (χ0v) is 11.9. The second-order valence-electron chi connectivity index (χ2n) is 5.78. The van der Waals surface area contributed by atoms with Crippen molar-refractivity contribution >= 4 is 10.9 Å². The van der Waals surface area contributed by atoms with Crippen molar-refractivity contribution in [2.45, 2.75) is 25.7 Å². The number of hydrogen-bond acceptors (Lipinski definition) is 1. The summed E-state index contributed by atoms with van der Waals surface area (Å²) in [5.41, 5.74) is 5.90. The SMILES string of the molecule is O=c1cc(-c2ccc3c(c2)CCCC3)[nH]c2ccccc12. The van der Waals surface area contributed by atoms with Crippen molar-refractivity contribution in [1.29, 1.82) is 0 Å². The average molecular weight is 275 g/mol. The quantitative estimate of drug-likeness (QED) is 0.713. The number of pyridine rings is 1. The maximum Gasteiger partial charge on any atom is 0.190 e. The molecule has 0 unspecified atom stereocenters. The number of nitrogens with one attached hydrogen (secondary N) is 1. The lowest BCUT2D eigenvalue weighted by atomic mass is 9.90. The minimum Gasteiger partial charge on any atom is -0.354 e. The Morgan fingerprint density at radius 3 is 2.57 bits per heavy atom. The molecular formula is C19H17NO. The molecule has 0 spiro atoms. The summed E-state index contributed by atoms with van der Waals surface area (Å²) < 4.78 is 0. The minimum atomic E-state index is 0.0806. The van der Waals surface area contributed by atoms with Crippen molar-refractivity contribution < 1.29 is 0 Å². The monoisotopic (exact) mass is 275 g/mol. The molecule has 0 fully saturated rings. The van der Waals surface area contributed by atoms with E-state index in [0.717, 1.165) is 28.6 Å². The van der Waals surface area contributed by atoms with Crippen LogP contribution in [0.4, 0.5) is 0 Å². The van der Waals surface area contributed by atoms with Crippen LogP contribution in [-0.4, -0.2) is 4.98 Å². The standard InChI is InChI=1S/C19H17NO/c21-19-12-18(20-17-8-4-3-7-16(17)19)15-10-9-13-5-1-2-6-14(13)11-15/h3-4,7-12H,1-2,5-6H2,(H,20,21). The van der Waals surface area contributed by atoms with Crippen molar-refractivity contribution in [3.8, 4) is 11.3 Å². The first kappa shape index (κ1) is 12.4. The largest absolute Gasteiger partial charge is 0.354 e. The van der Waals surface area contributed by atoms with E-state index in [4.69, 9.17) is 0 Å². The van der Waals surface area contributed by atoms with Crippen molar-refractivity contribution in [1.82, 2.24) is 4.98 Å². The Hall–Kier alpha value is -2.35. The molecule has 3 aromatic rings. The van der Waals surface area contributed by atoms with Gasteiger partial charge in [-0.05, 0) is 60.6 Å². The number of rotatable bonds is 1. The molecule has 1 aromatic heterocycles. The van der Waals surface area contributed by atoms with E-state index in [2.05, 4.69) is 23.2 Å². The normalized spacial score (nSPS) is 14.1. The van der Waals surface area contributed by atoms with Gasteiger partial charge in [0, 0.05) is 22.7 Å². The number of H-pyrrole nitrogens is 1. The molecule has 1 heterocycles. The highest BCUT2D eigenvalue weighted by atomic mass is 16.1. The highest BCUT2D eigenvalue weighted by Gasteiger charge is 2.11. The Bertz CT molecular complexity index is 876. The average Bonchev–Trinajstić information content (AvgIpc) is 2.54. The van der Waals surface area contributed by atoms with Crippen molar-refractivity contribution in [2.75, 3.05) is 0 Å². The van der Waals surface area contributed by atoms with Crippen LogP contribution in [0.1, 0.15) is 24.0 Å². The summed E-state index contributed by atoms with van der Waals surface area (Å²) in [6.45, 7) is 0. The fourth-order valence-corrected chi connectivity index (χ4v) is 3.25. The predicted octanol–water partition coefficient (Wildman–Crippen LogP) is 4.07. The lowest BCUT2D eigenvalue weighted by Crippen LogP contribution is -2.05. The molecule has 1 N–H and O–H groups in total. The lowest BCUT2D eigenvalue weighted by molar-refractivity contribution is 0.686. The van der Waals surface area contributed by atoms with Gasteiger partial charge in [0.1, 0.15) is 0 Å². The molecule has 104 valence electrons. The smallest absolute Gasteiger partial charge is 0.190 e. The molecule has 4 rings (SSSR count). The molecule has 2 heteroatoms. The van der Waals surface area contributed by atoms with E-state index < -0.39 is 0 Å². The minimum absolute atomic E-state index is 0.0806. The topological polar surface area (TPSA) is 32.9 Å². The molecule has 0 amide bonds. The van der Waals surface area contributed by atoms with Gasteiger partial charge in [0.05, 0.1) is 0 Å². The number of fused-ring (bicyclic) bond motifs is 2. The maximum atomic E-state index is 12.2. The van der Waals surface area contributed by atoms with Gasteiger partial charge in [0.25, 0.3) is 0 Å².